The number of amides is 1. The second kappa shape index (κ2) is 5.99. The van der Waals surface area contributed by atoms with Crippen LogP contribution in [0.1, 0.15) is 6.42 Å². The van der Waals surface area contributed by atoms with Gasteiger partial charge in [0.25, 0.3) is 11.8 Å². The van der Waals surface area contributed by atoms with E-state index < -0.39 is 0 Å². The number of hydrogen-bond acceptors (Lipinski definition) is 5. The first-order valence-corrected chi connectivity index (χ1v) is 6.00. The van der Waals surface area contributed by atoms with Crippen molar-refractivity contribution >= 4 is 11.9 Å². The van der Waals surface area contributed by atoms with Gasteiger partial charge in [-0.15, -0.1) is 0 Å². The van der Waals surface area contributed by atoms with Gasteiger partial charge in [0.05, 0.1) is 0 Å². The summed E-state index contributed by atoms with van der Waals surface area (Å²) in [4.78, 5) is 17.1. The maximum Gasteiger partial charge on any atom is 0.263 e. The van der Waals surface area contributed by atoms with Crippen molar-refractivity contribution in [3.63, 3.8) is 0 Å². The van der Waals surface area contributed by atoms with Gasteiger partial charge in [0.15, 0.2) is 0 Å². The molecule has 0 fully saturated rings. The van der Waals surface area contributed by atoms with E-state index in [2.05, 4.69) is 15.5 Å². The highest BCUT2D eigenvalue weighted by atomic mass is 16.5. The van der Waals surface area contributed by atoms with E-state index >= 15 is 0 Å². The number of benzene rings is 1. The molecule has 1 N–H and O–H groups in total. The van der Waals surface area contributed by atoms with E-state index in [0.29, 0.717) is 24.8 Å². The van der Waals surface area contributed by atoms with Crippen LogP contribution >= 0.6 is 0 Å². The molecule has 0 aliphatic carbocycles. The molecule has 1 aromatic carbocycles. The van der Waals surface area contributed by atoms with Crippen LogP contribution in [0.3, 0.4) is 0 Å². The number of aromatic nitrogens is 2. The topological polar surface area (TPSA) is 71.3 Å². The van der Waals surface area contributed by atoms with Crippen molar-refractivity contribution in [2.75, 3.05) is 26.0 Å². The number of rotatable bonds is 5. The van der Waals surface area contributed by atoms with Crippen molar-refractivity contribution in [3.8, 4) is 11.5 Å². The van der Waals surface area contributed by atoms with Crippen molar-refractivity contribution in [2.24, 2.45) is 0 Å². The highest BCUT2D eigenvalue weighted by Gasteiger charge is 2.08. The van der Waals surface area contributed by atoms with E-state index in [1.165, 1.54) is 0 Å². The fraction of sp³-hybridized carbons (Fsp3) is 0.308. The van der Waals surface area contributed by atoms with Crippen LogP contribution in [0.4, 0.5) is 5.95 Å². The molecule has 0 saturated heterocycles. The van der Waals surface area contributed by atoms with Crippen molar-refractivity contribution in [2.45, 2.75) is 6.42 Å². The summed E-state index contributed by atoms with van der Waals surface area (Å²) in [6.45, 7) is 0.477. The van der Waals surface area contributed by atoms with Crippen LogP contribution in [0.25, 0.3) is 11.5 Å². The standard InChI is InChI=1S/C13H16N4O2/c1-17(2)11(18)8-9-14-13-15-12(19-16-13)10-6-4-3-5-7-10/h3-7H,8-9H2,1-2H3,(H,14,16). The van der Waals surface area contributed by atoms with Gasteiger partial charge in [0.1, 0.15) is 0 Å². The number of nitrogens with zero attached hydrogens (tertiary/aromatic N) is 3. The molecule has 0 unspecified atom stereocenters. The van der Waals surface area contributed by atoms with Crippen molar-refractivity contribution in [1.29, 1.82) is 0 Å². The van der Waals surface area contributed by atoms with Crippen LogP contribution in [0.5, 0.6) is 0 Å². The average Bonchev–Trinajstić information content (AvgIpc) is 2.88. The van der Waals surface area contributed by atoms with Crippen molar-refractivity contribution < 1.29 is 9.32 Å². The Morgan fingerprint density at radius 1 is 1.32 bits per heavy atom. The summed E-state index contributed by atoms with van der Waals surface area (Å²) in [5.41, 5.74) is 0.868. The Morgan fingerprint density at radius 2 is 2.05 bits per heavy atom. The number of carbonyl (C=O) groups is 1. The van der Waals surface area contributed by atoms with Gasteiger partial charge in [-0.3, -0.25) is 4.79 Å². The largest absolute Gasteiger partial charge is 0.351 e. The van der Waals surface area contributed by atoms with E-state index in [1.807, 2.05) is 30.3 Å². The van der Waals surface area contributed by atoms with Crippen LogP contribution in [-0.4, -0.2) is 41.6 Å². The smallest absolute Gasteiger partial charge is 0.263 e. The lowest BCUT2D eigenvalue weighted by atomic mass is 10.2. The SMILES string of the molecule is CN(C)C(=O)CCNc1noc(-c2ccccc2)n1. The van der Waals surface area contributed by atoms with Crippen LogP contribution in [-0.2, 0) is 4.79 Å². The van der Waals surface area contributed by atoms with Gasteiger partial charge in [-0.05, 0) is 17.3 Å². The summed E-state index contributed by atoms with van der Waals surface area (Å²) < 4.78 is 5.14. The predicted molar refractivity (Wildman–Crippen MR) is 71.5 cm³/mol. The van der Waals surface area contributed by atoms with Gasteiger partial charge in [-0.2, -0.15) is 4.98 Å². The second-order valence-corrected chi connectivity index (χ2v) is 4.25. The monoisotopic (exact) mass is 260 g/mol. The van der Waals surface area contributed by atoms with Gasteiger partial charge in [-0.25, -0.2) is 0 Å². The highest BCUT2D eigenvalue weighted by molar-refractivity contribution is 5.76. The van der Waals surface area contributed by atoms with Crippen LogP contribution < -0.4 is 5.32 Å². The summed E-state index contributed by atoms with van der Waals surface area (Å²) in [6, 6.07) is 9.52. The lowest BCUT2D eigenvalue weighted by Crippen LogP contribution is -2.24. The third-order valence-electron chi connectivity index (χ3n) is 2.57. The van der Waals surface area contributed by atoms with E-state index in [9.17, 15) is 4.79 Å². The molecule has 19 heavy (non-hydrogen) atoms. The molecule has 1 amide bonds. The first kappa shape index (κ1) is 13.1. The lowest BCUT2D eigenvalue weighted by Gasteiger charge is -2.09. The minimum absolute atomic E-state index is 0.0549. The van der Waals surface area contributed by atoms with Gasteiger partial charge in [0, 0.05) is 32.6 Å². The third kappa shape index (κ3) is 3.54. The van der Waals surface area contributed by atoms with Crippen LogP contribution in [0.15, 0.2) is 34.9 Å². The van der Waals surface area contributed by atoms with Crippen LogP contribution in [0.2, 0.25) is 0 Å². The molecule has 0 aliphatic heterocycles. The Kier molecular flexibility index (Phi) is 4.12. The molecule has 2 rings (SSSR count). The lowest BCUT2D eigenvalue weighted by molar-refractivity contribution is -0.128. The Balaban J connectivity index is 1.90. The molecule has 0 aliphatic rings. The first-order chi connectivity index (χ1) is 9.16. The molecule has 1 heterocycles. The third-order valence-corrected chi connectivity index (χ3v) is 2.57. The summed E-state index contributed by atoms with van der Waals surface area (Å²) >= 11 is 0. The van der Waals surface area contributed by atoms with Gasteiger partial charge < -0.3 is 14.7 Å². The summed E-state index contributed by atoms with van der Waals surface area (Å²) in [5.74, 6) is 0.909. The Morgan fingerprint density at radius 3 is 2.74 bits per heavy atom. The highest BCUT2D eigenvalue weighted by Crippen LogP contribution is 2.17. The fourth-order valence-electron chi connectivity index (χ4n) is 1.50. The number of anilines is 1. The maximum absolute atomic E-state index is 11.4. The Labute approximate surface area is 111 Å². The zero-order valence-corrected chi connectivity index (χ0v) is 11.0. The summed E-state index contributed by atoms with van der Waals surface area (Å²) in [5, 5.41) is 6.77. The number of carbonyl (C=O) groups excluding carboxylic acids is 1. The van der Waals surface area contributed by atoms with Gasteiger partial charge in [0.2, 0.25) is 5.91 Å². The molecule has 6 heteroatoms. The number of hydrogen-bond donors (Lipinski definition) is 1. The van der Waals surface area contributed by atoms with E-state index in [4.69, 9.17) is 4.52 Å². The van der Waals surface area contributed by atoms with E-state index in [1.54, 1.807) is 19.0 Å². The molecule has 100 valence electrons. The van der Waals surface area contributed by atoms with E-state index in [0.717, 1.165) is 5.56 Å². The van der Waals surface area contributed by atoms with E-state index in [-0.39, 0.29) is 5.91 Å². The van der Waals surface area contributed by atoms with Crippen LogP contribution in [0, 0.1) is 0 Å². The normalized spacial score (nSPS) is 10.2. The molecule has 1 aromatic heterocycles. The van der Waals surface area contributed by atoms with Gasteiger partial charge in [-0.1, -0.05) is 18.2 Å². The Hall–Kier alpha value is -2.37. The molecule has 0 bridgehead atoms. The number of nitrogens with one attached hydrogen (secondary N) is 1. The second-order valence-electron chi connectivity index (χ2n) is 4.25. The molecule has 0 radical (unpaired) electrons. The first-order valence-electron chi connectivity index (χ1n) is 6.00. The Bertz CT molecular complexity index is 537. The maximum atomic E-state index is 11.4. The van der Waals surface area contributed by atoms with Crippen molar-refractivity contribution in [1.82, 2.24) is 15.0 Å². The van der Waals surface area contributed by atoms with Crippen molar-refractivity contribution in [3.05, 3.63) is 30.3 Å². The summed E-state index contributed by atoms with van der Waals surface area (Å²) in [6.07, 6.45) is 0.391. The quantitative estimate of drug-likeness (QED) is 0.884. The molecule has 2 aromatic rings. The summed E-state index contributed by atoms with van der Waals surface area (Å²) in [7, 11) is 3.45. The minimum Gasteiger partial charge on any atom is -0.351 e. The molecular weight excluding hydrogens is 244 g/mol. The minimum atomic E-state index is 0.0549. The molecule has 0 saturated carbocycles. The molecule has 6 nitrogen and oxygen atoms in total. The zero-order valence-electron chi connectivity index (χ0n) is 11.0. The fourth-order valence-corrected chi connectivity index (χ4v) is 1.50. The molecular formula is C13H16N4O2. The zero-order chi connectivity index (χ0) is 13.7. The van der Waals surface area contributed by atoms with Gasteiger partial charge >= 0.3 is 0 Å². The predicted octanol–water partition coefficient (Wildman–Crippen LogP) is 1.63. The average molecular weight is 260 g/mol. The molecule has 0 atom stereocenters. The molecule has 0 spiro atoms.